The third-order valence-electron chi connectivity index (χ3n) is 4.18. The van der Waals surface area contributed by atoms with Gasteiger partial charge in [0, 0.05) is 39.3 Å². The SMILES string of the molecule is CCCCC(CC)CNCCN1CCN(C)CC1. The molecule has 0 radical (unpaired) electrons. The monoisotopic (exact) mass is 255 g/mol. The van der Waals surface area contributed by atoms with Crippen molar-refractivity contribution in [3.05, 3.63) is 0 Å². The lowest BCUT2D eigenvalue weighted by Gasteiger charge is -2.32. The Balaban J connectivity index is 1.99. The van der Waals surface area contributed by atoms with E-state index in [2.05, 4.69) is 36.0 Å². The van der Waals surface area contributed by atoms with E-state index in [1.807, 2.05) is 0 Å². The second-order valence-corrected chi connectivity index (χ2v) is 5.77. The number of nitrogens with one attached hydrogen (secondary N) is 1. The summed E-state index contributed by atoms with van der Waals surface area (Å²) < 4.78 is 0. The molecule has 3 heteroatoms. The van der Waals surface area contributed by atoms with Crippen LogP contribution < -0.4 is 5.32 Å². The van der Waals surface area contributed by atoms with Crippen molar-refractivity contribution in [2.75, 3.05) is 52.9 Å². The van der Waals surface area contributed by atoms with Gasteiger partial charge >= 0.3 is 0 Å². The average molecular weight is 255 g/mol. The first-order valence-electron chi connectivity index (χ1n) is 7.87. The molecule has 0 spiro atoms. The molecule has 1 aliphatic heterocycles. The number of piperazine rings is 1. The van der Waals surface area contributed by atoms with Crippen molar-refractivity contribution in [3.8, 4) is 0 Å². The van der Waals surface area contributed by atoms with Crippen LogP contribution in [0.1, 0.15) is 39.5 Å². The predicted molar refractivity (Wildman–Crippen MR) is 80.1 cm³/mol. The van der Waals surface area contributed by atoms with Gasteiger partial charge in [0.2, 0.25) is 0 Å². The Hall–Kier alpha value is -0.120. The number of likely N-dealkylation sites (N-methyl/N-ethyl adjacent to an activating group) is 1. The lowest BCUT2D eigenvalue weighted by atomic mass is 9.99. The number of hydrogen-bond donors (Lipinski definition) is 1. The Morgan fingerprint density at radius 3 is 2.44 bits per heavy atom. The first-order chi connectivity index (χ1) is 8.76. The van der Waals surface area contributed by atoms with Gasteiger partial charge in [0.1, 0.15) is 0 Å². The largest absolute Gasteiger partial charge is 0.315 e. The van der Waals surface area contributed by atoms with Crippen LogP contribution in [0.2, 0.25) is 0 Å². The fraction of sp³-hybridized carbons (Fsp3) is 1.00. The second kappa shape index (κ2) is 9.76. The van der Waals surface area contributed by atoms with Gasteiger partial charge in [-0.1, -0.05) is 33.1 Å². The van der Waals surface area contributed by atoms with E-state index in [1.54, 1.807) is 0 Å². The van der Waals surface area contributed by atoms with Crippen molar-refractivity contribution in [1.29, 1.82) is 0 Å². The van der Waals surface area contributed by atoms with Crippen LogP contribution in [0.3, 0.4) is 0 Å². The maximum Gasteiger partial charge on any atom is 0.0110 e. The van der Waals surface area contributed by atoms with Crippen LogP contribution in [0, 0.1) is 5.92 Å². The highest BCUT2D eigenvalue weighted by Gasteiger charge is 2.13. The van der Waals surface area contributed by atoms with Crippen LogP contribution in [0.4, 0.5) is 0 Å². The molecule has 0 aliphatic carbocycles. The lowest BCUT2D eigenvalue weighted by Crippen LogP contribution is -2.46. The molecule has 1 aliphatic rings. The molecule has 0 amide bonds. The fourth-order valence-corrected chi connectivity index (χ4v) is 2.56. The lowest BCUT2D eigenvalue weighted by molar-refractivity contribution is 0.154. The van der Waals surface area contributed by atoms with E-state index < -0.39 is 0 Å². The first-order valence-corrected chi connectivity index (χ1v) is 7.87. The summed E-state index contributed by atoms with van der Waals surface area (Å²) in [6.07, 6.45) is 5.44. The molecule has 108 valence electrons. The summed E-state index contributed by atoms with van der Waals surface area (Å²) in [5.41, 5.74) is 0. The van der Waals surface area contributed by atoms with E-state index in [0.29, 0.717) is 0 Å². The van der Waals surface area contributed by atoms with E-state index in [4.69, 9.17) is 0 Å². The molecular formula is C15H33N3. The van der Waals surface area contributed by atoms with E-state index in [9.17, 15) is 0 Å². The van der Waals surface area contributed by atoms with E-state index in [-0.39, 0.29) is 0 Å². The van der Waals surface area contributed by atoms with Gasteiger partial charge < -0.3 is 10.2 Å². The van der Waals surface area contributed by atoms with Gasteiger partial charge in [0.15, 0.2) is 0 Å². The van der Waals surface area contributed by atoms with Crippen LogP contribution in [-0.4, -0.2) is 62.7 Å². The maximum atomic E-state index is 3.65. The molecule has 1 fully saturated rings. The molecule has 0 aromatic heterocycles. The minimum atomic E-state index is 0.887. The minimum Gasteiger partial charge on any atom is -0.315 e. The minimum absolute atomic E-state index is 0.887. The highest BCUT2D eigenvalue weighted by molar-refractivity contribution is 4.70. The molecule has 1 saturated heterocycles. The highest BCUT2D eigenvalue weighted by atomic mass is 15.2. The van der Waals surface area contributed by atoms with Crippen LogP contribution in [0.5, 0.6) is 0 Å². The third-order valence-corrected chi connectivity index (χ3v) is 4.18. The van der Waals surface area contributed by atoms with Gasteiger partial charge in [-0.2, -0.15) is 0 Å². The predicted octanol–water partition coefficient (Wildman–Crippen LogP) is 2.04. The average Bonchev–Trinajstić information content (AvgIpc) is 2.40. The Morgan fingerprint density at radius 1 is 1.11 bits per heavy atom. The number of hydrogen-bond acceptors (Lipinski definition) is 3. The smallest absolute Gasteiger partial charge is 0.0110 e. The summed E-state index contributed by atoms with van der Waals surface area (Å²) in [6.45, 7) is 13.1. The number of unbranched alkanes of at least 4 members (excludes halogenated alkanes) is 1. The highest BCUT2D eigenvalue weighted by Crippen LogP contribution is 2.10. The molecule has 0 aromatic carbocycles. The van der Waals surface area contributed by atoms with Crippen molar-refractivity contribution in [3.63, 3.8) is 0 Å². The van der Waals surface area contributed by atoms with Crippen molar-refractivity contribution in [1.82, 2.24) is 15.1 Å². The maximum absolute atomic E-state index is 3.65. The summed E-state index contributed by atoms with van der Waals surface area (Å²) in [5, 5.41) is 3.65. The zero-order chi connectivity index (χ0) is 13.2. The van der Waals surface area contributed by atoms with Crippen LogP contribution in [-0.2, 0) is 0 Å². The zero-order valence-electron chi connectivity index (χ0n) is 12.7. The Morgan fingerprint density at radius 2 is 1.83 bits per heavy atom. The zero-order valence-corrected chi connectivity index (χ0v) is 12.7. The Labute approximate surface area is 114 Å². The van der Waals surface area contributed by atoms with E-state index in [0.717, 1.165) is 12.5 Å². The molecule has 1 atom stereocenters. The number of nitrogens with zero attached hydrogens (tertiary/aromatic N) is 2. The molecule has 3 nitrogen and oxygen atoms in total. The van der Waals surface area contributed by atoms with Gasteiger partial charge in [-0.3, -0.25) is 4.90 Å². The van der Waals surface area contributed by atoms with Crippen molar-refractivity contribution in [2.45, 2.75) is 39.5 Å². The van der Waals surface area contributed by atoms with E-state index >= 15 is 0 Å². The molecule has 0 saturated carbocycles. The molecule has 1 N–H and O–H groups in total. The summed E-state index contributed by atoms with van der Waals surface area (Å²) in [5.74, 6) is 0.887. The second-order valence-electron chi connectivity index (χ2n) is 5.77. The Bertz CT molecular complexity index is 181. The molecule has 1 heterocycles. The summed E-state index contributed by atoms with van der Waals surface area (Å²) >= 11 is 0. The molecule has 1 unspecified atom stereocenters. The summed E-state index contributed by atoms with van der Waals surface area (Å²) in [7, 11) is 2.22. The molecular weight excluding hydrogens is 222 g/mol. The van der Waals surface area contributed by atoms with Crippen molar-refractivity contribution in [2.24, 2.45) is 5.92 Å². The van der Waals surface area contributed by atoms with Crippen LogP contribution in [0.15, 0.2) is 0 Å². The van der Waals surface area contributed by atoms with Gasteiger partial charge in [-0.25, -0.2) is 0 Å². The normalized spacial score (nSPS) is 20.2. The standard InChI is InChI=1S/C15H33N3/c1-4-6-7-15(5-2)14-16-8-9-18-12-10-17(3)11-13-18/h15-16H,4-14H2,1-3H3. The van der Waals surface area contributed by atoms with E-state index in [1.165, 1.54) is 65.0 Å². The van der Waals surface area contributed by atoms with Crippen molar-refractivity contribution < 1.29 is 0 Å². The molecule has 0 bridgehead atoms. The summed E-state index contributed by atoms with van der Waals surface area (Å²) in [4.78, 5) is 5.00. The Kier molecular flexibility index (Phi) is 8.64. The van der Waals surface area contributed by atoms with Gasteiger partial charge in [0.25, 0.3) is 0 Å². The van der Waals surface area contributed by atoms with Crippen molar-refractivity contribution >= 4 is 0 Å². The van der Waals surface area contributed by atoms with Gasteiger partial charge in [-0.05, 0) is 25.9 Å². The fourth-order valence-electron chi connectivity index (χ4n) is 2.56. The topological polar surface area (TPSA) is 18.5 Å². The number of rotatable bonds is 9. The first kappa shape index (κ1) is 15.9. The quantitative estimate of drug-likeness (QED) is 0.636. The molecule has 0 aromatic rings. The molecule has 18 heavy (non-hydrogen) atoms. The van der Waals surface area contributed by atoms with Crippen LogP contribution >= 0.6 is 0 Å². The molecule has 1 rings (SSSR count). The van der Waals surface area contributed by atoms with Gasteiger partial charge in [0.05, 0.1) is 0 Å². The third kappa shape index (κ3) is 6.72. The van der Waals surface area contributed by atoms with Gasteiger partial charge in [-0.15, -0.1) is 0 Å². The summed E-state index contributed by atoms with van der Waals surface area (Å²) in [6, 6.07) is 0. The van der Waals surface area contributed by atoms with Crippen LogP contribution in [0.25, 0.3) is 0 Å².